The lowest BCUT2D eigenvalue weighted by Crippen LogP contribution is -1.97. The van der Waals surface area contributed by atoms with Gasteiger partial charge in [0.25, 0.3) is 0 Å². The van der Waals surface area contributed by atoms with Gasteiger partial charge in [0, 0.05) is 33.4 Å². The Morgan fingerprint density at radius 3 is 2.28 bits per heavy atom. The summed E-state index contributed by atoms with van der Waals surface area (Å²) in [5.41, 5.74) is 2.80. The highest BCUT2D eigenvalue weighted by molar-refractivity contribution is 6.36. The summed E-state index contributed by atoms with van der Waals surface area (Å²) in [7, 11) is 0. The summed E-state index contributed by atoms with van der Waals surface area (Å²) in [6.07, 6.45) is 1.63. The third kappa shape index (κ3) is 4.51. The average Bonchev–Trinajstić information content (AvgIpc) is 2.69. The van der Waals surface area contributed by atoms with Gasteiger partial charge >= 0.3 is 6.01 Å². The average molecular weight is 446 g/mol. The molecule has 29 heavy (non-hydrogen) atoms. The van der Waals surface area contributed by atoms with Crippen LogP contribution in [0.25, 0.3) is 22.4 Å². The minimum Gasteiger partial charge on any atom is -0.424 e. The first-order valence-corrected chi connectivity index (χ1v) is 9.65. The Morgan fingerprint density at radius 1 is 0.793 bits per heavy atom. The highest BCUT2D eigenvalue weighted by atomic mass is 35.5. The molecule has 0 fully saturated rings. The molecular weight excluding hydrogens is 434 g/mol. The molecule has 0 amide bonds. The topological polar surface area (TPSA) is 35.0 Å². The lowest BCUT2D eigenvalue weighted by Gasteiger charge is -2.13. The zero-order valence-corrected chi connectivity index (χ0v) is 17.0. The van der Waals surface area contributed by atoms with E-state index in [-0.39, 0.29) is 11.8 Å². The lowest BCUT2D eigenvalue weighted by atomic mass is 10.0. The lowest BCUT2D eigenvalue weighted by molar-refractivity contribution is 0.439. The van der Waals surface area contributed by atoms with Crippen molar-refractivity contribution in [3.63, 3.8) is 0 Å². The van der Waals surface area contributed by atoms with E-state index in [9.17, 15) is 4.39 Å². The molecule has 0 spiro atoms. The molecule has 144 valence electrons. The normalized spacial score (nSPS) is 10.8. The summed E-state index contributed by atoms with van der Waals surface area (Å²) in [5.74, 6) is -0.126. The van der Waals surface area contributed by atoms with E-state index < -0.39 is 5.82 Å². The molecule has 0 N–H and O–H groups in total. The fourth-order valence-electron chi connectivity index (χ4n) is 2.78. The first kappa shape index (κ1) is 19.6. The maximum atomic E-state index is 13.5. The first-order chi connectivity index (χ1) is 14.0. The quantitative estimate of drug-likeness (QED) is 0.323. The Labute approximate surface area is 181 Å². The second kappa shape index (κ2) is 8.37. The molecule has 1 heterocycles. The van der Waals surface area contributed by atoms with Crippen molar-refractivity contribution in [2.45, 2.75) is 0 Å². The molecule has 7 heteroatoms. The van der Waals surface area contributed by atoms with E-state index in [1.165, 1.54) is 12.1 Å². The van der Waals surface area contributed by atoms with Crippen molar-refractivity contribution in [2.24, 2.45) is 0 Å². The van der Waals surface area contributed by atoms with Crippen LogP contribution in [-0.2, 0) is 0 Å². The van der Waals surface area contributed by atoms with Gasteiger partial charge in [0.05, 0.1) is 10.7 Å². The molecule has 1 aromatic heterocycles. The molecule has 0 saturated heterocycles. The van der Waals surface area contributed by atoms with Gasteiger partial charge in [-0.25, -0.2) is 9.37 Å². The van der Waals surface area contributed by atoms with Crippen LogP contribution in [0.15, 0.2) is 72.9 Å². The van der Waals surface area contributed by atoms with E-state index in [2.05, 4.69) is 9.97 Å². The summed E-state index contributed by atoms with van der Waals surface area (Å²) in [6, 6.07) is 18.2. The molecule has 0 aliphatic carbocycles. The highest BCUT2D eigenvalue weighted by Crippen LogP contribution is 2.37. The zero-order chi connectivity index (χ0) is 20.4. The van der Waals surface area contributed by atoms with E-state index in [4.69, 9.17) is 39.5 Å². The zero-order valence-electron chi connectivity index (χ0n) is 14.7. The number of nitrogens with zero attached hydrogens (tertiary/aromatic N) is 2. The van der Waals surface area contributed by atoms with Crippen molar-refractivity contribution in [1.82, 2.24) is 9.97 Å². The molecule has 0 aliphatic heterocycles. The third-order valence-electron chi connectivity index (χ3n) is 4.11. The van der Waals surface area contributed by atoms with Crippen LogP contribution in [0.3, 0.4) is 0 Å². The van der Waals surface area contributed by atoms with Gasteiger partial charge in [0.15, 0.2) is 0 Å². The van der Waals surface area contributed by atoms with Gasteiger partial charge in [-0.15, -0.1) is 0 Å². The number of hydrogen-bond acceptors (Lipinski definition) is 3. The Hall–Kier alpha value is -2.66. The van der Waals surface area contributed by atoms with Gasteiger partial charge in [0.1, 0.15) is 11.6 Å². The van der Waals surface area contributed by atoms with Gasteiger partial charge in [-0.1, -0.05) is 53.0 Å². The van der Waals surface area contributed by atoms with Gasteiger partial charge in [0.2, 0.25) is 0 Å². The molecule has 0 unspecified atom stereocenters. The van der Waals surface area contributed by atoms with Crippen molar-refractivity contribution in [1.29, 1.82) is 0 Å². The molecule has 3 aromatic carbocycles. The molecule has 0 bridgehead atoms. The van der Waals surface area contributed by atoms with Crippen molar-refractivity contribution in [3.8, 4) is 34.1 Å². The summed E-state index contributed by atoms with van der Waals surface area (Å²) in [4.78, 5) is 8.82. The van der Waals surface area contributed by atoms with Gasteiger partial charge in [-0.05, 0) is 48.0 Å². The van der Waals surface area contributed by atoms with Crippen LogP contribution >= 0.6 is 34.8 Å². The van der Waals surface area contributed by atoms with E-state index in [1.54, 1.807) is 48.7 Å². The third-order valence-corrected chi connectivity index (χ3v) is 4.91. The van der Waals surface area contributed by atoms with E-state index in [0.29, 0.717) is 26.3 Å². The van der Waals surface area contributed by atoms with Gasteiger partial charge in [-0.3, -0.25) is 0 Å². The molecule has 4 aromatic rings. The van der Waals surface area contributed by atoms with E-state index >= 15 is 0 Å². The number of benzene rings is 3. The highest BCUT2D eigenvalue weighted by Gasteiger charge is 2.16. The van der Waals surface area contributed by atoms with E-state index in [1.807, 2.05) is 12.1 Å². The Bertz CT molecular complexity index is 1180. The monoisotopic (exact) mass is 444 g/mol. The number of hydrogen-bond donors (Lipinski definition) is 0. The summed E-state index contributed by atoms with van der Waals surface area (Å²) >= 11 is 18.5. The predicted molar refractivity (Wildman–Crippen MR) is 114 cm³/mol. The molecule has 0 radical (unpaired) electrons. The number of halogens is 4. The fraction of sp³-hybridized carbons (Fsp3) is 0. The minimum atomic E-state index is -0.416. The molecule has 3 nitrogen and oxygen atoms in total. The van der Waals surface area contributed by atoms with Crippen LogP contribution in [0.5, 0.6) is 11.8 Å². The standard InChI is InChI=1S/C22H12Cl3FN2O/c23-14-6-4-13(5-7-14)19-12-27-22(29-17-3-1-2-16(26)11-17)28-21(19)18-9-8-15(24)10-20(18)25/h1-12H. The minimum absolute atomic E-state index is 0.0642. The van der Waals surface area contributed by atoms with Crippen LogP contribution in [-0.4, -0.2) is 9.97 Å². The molecule has 0 atom stereocenters. The van der Waals surface area contributed by atoms with Gasteiger partial charge in [-0.2, -0.15) is 4.98 Å². The summed E-state index contributed by atoms with van der Waals surface area (Å²) in [5, 5.41) is 1.56. The second-order valence-corrected chi connectivity index (χ2v) is 7.39. The van der Waals surface area contributed by atoms with Gasteiger partial charge < -0.3 is 4.74 Å². The Morgan fingerprint density at radius 2 is 1.55 bits per heavy atom. The first-order valence-electron chi connectivity index (χ1n) is 8.51. The van der Waals surface area contributed by atoms with Crippen molar-refractivity contribution < 1.29 is 9.13 Å². The molecule has 0 saturated carbocycles. The Balaban J connectivity index is 1.84. The predicted octanol–water partition coefficient (Wildman–Crippen LogP) is 7.70. The molecule has 0 aliphatic rings. The van der Waals surface area contributed by atoms with Crippen LogP contribution < -0.4 is 4.74 Å². The largest absolute Gasteiger partial charge is 0.424 e. The number of rotatable bonds is 4. The SMILES string of the molecule is Fc1cccc(Oc2ncc(-c3ccc(Cl)cc3)c(-c3ccc(Cl)cc3Cl)n2)c1. The molecule has 4 rings (SSSR count). The number of ether oxygens (including phenoxy) is 1. The van der Waals surface area contributed by atoms with Crippen LogP contribution in [0.4, 0.5) is 4.39 Å². The maximum Gasteiger partial charge on any atom is 0.322 e. The summed E-state index contributed by atoms with van der Waals surface area (Å²) in [6.45, 7) is 0. The van der Waals surface area contributed by atoms with Crippen LogP contribution in [0.2, 0.25) is 15.1 Å². The fourth-order valence-corrected chi connectivity index (χ4v) is 3.40. The smallest absolute Gasteiger partial charge is 0.322 e. The van der Waals surface area contributed by atoms with Crippen LogP contribution in [0.1, 0.15) is 0 Å². The summed E-state index contributed by atoms with van der Waals surface area (Å²) < 4.78 is 19.1. The van der Waals surface area contributed by atoms with Crippen molar-refractivity contribution in [3.05, 3.63) is 93.8 Å². The van der Waals surface area contributed by atoms with Crippen LogP contribution in [0, 0.1) is 5.82 Å². The second-order valence-electron chi connectivity index (χ2n) is 6.11. The number of aromatic nitrogens is 2. The molecular formula is C22H12Cl3FN2O. The van der Waals surface area contributed by atoms with Crippen molar-refractivity contribution in [2.75, 3.05) is 0 Å². The van der Waals surface area contributed by atoms with E-state index in [0.717, 1.165) is 11.1 Å². The Kier molecular flexibility index (Phi) is 5.67. The maximum absolute atomic E-state index is 13.5. The van der Waals surface area contributed by atoms with Crippen molar-refractivity contribution >= 4 is 34.8 Å².